The van der Waals surface area contributed by atoms with E-state index in [1.54, 1.807) is 36.5 Å². The van der Waals surface area contributed by atoms with Gasteiger partial charge in [-0.05, 0) is 49.3 Å². The topological polar surface area (TPSA) is 99.3 Å². The van der Waals surface area contributed by atoms with Gasteiger partial charge in [0.15, 0.2) is 0 Å². The van der Waals surface area contributed by atoms with Gasteiger partial charge in [0.25, 0.3) is 0 Å². The Bertz CT molecular complexity index is 1080. The number of aryl methyl sites for hydroxylation is 2. The van der Waals surface area contributed by atoms with Gasteiger partial charge in [-0.25, -0.2) is 9.79 Å². The number of carboxylic acid groups (broad SMARTS) is 1. The molecule has 0 aliphatic heterocycles. The lowest BCUT2D eigenvalue weighted by molar-refractivity contribution is -0.106. The average Bonchev–Trinajstić information content (AvgIpc) is 2.88. The molecule has 2 N–H and O–H groups in total. The molecule has 35 heavy (non-hydrogen) atoms. The molecule has 2 aliphatic carbocycles. The molecule has 0 saturated heterocycles. The van der Waals surface area contributed by atoms with Crippen LogP contribution in [0.15, 0.2) is 130 Å². The molecule has 2 amide bonds. The normalized spacial score (nSPS) is 12.8. The molecule has 0 spiro atoms. The van der Waals surface area contributed by atoms with Crippen LogP contribution in [-0.4, -0.2) is 41.2 Å². The summed E-state index contributed by atoms with van der Waals surface area (Å²) in [5.41, 5.74) is 5.51. The predicted molar refractivity (Wildman–Crippen MR) is 143 cm³/mol. The monoisotopic (exact) mass is 470 g/mol. The Hall–Kier alpha value is -4.42. The van der Waals surface area contributed by atoms with Gasteiger partial charge >= 0.3 is 6.09 Å². The molecule has 2 aromatic carbocycles. The maximum atomic E-state index is 10.4. The van der Waals surface area contributed by atoms with E-state index >= 15 is 0 Å². The lowest BCUT2D eigenvalue weighted by atomic mass is 9.98. The second kappa shape index (κ2) is 17.1. The van der Waals surface area contributed by atoms with Crippen LogP contribution in [0.1, 0.15) is 11.1 Å². The minimum absolute atomic E-state index is 0.392. The quantitative estimate of drug-likeness (QED) is 0.511. The molecule has 0 heterocycles. The third-order valence-electron chi connectivity index (χ3n) is 4.38. The Morgan fingerprint density at radius 3 is 1.31 bits per heavy atom. The highest BCUT2D eigenvalue weighted by Gasteiger charge is 2.05. The van der Waals surface area contributed by atoms with Crippen LogP contribution in [-0.2, 0) is 4.79 Å². The third-order valence-corrected chi connectivity index (χ3v) is 4.38. The summed E-state index contributed by atoms with van der Waals surface area (Å²) in [5, 5.41) is 15.5. The van der Waals surface area contributed by atoms with E-state index in [-0.39, 0.29) is 0 Å². The summed E-state index contributed by atoms with van der Waals surface area (Å²) >= 11 is 0. The Balaban J connectivity index is 0.000000312. The van der Waals surface area contributed by atoms with E-state index in [0.717, 1.165) is 18.3 Å². The van der Waals surface area contributed by atoms with Gasteiger partial charge in [0, 0.05) is 7.11 Å². The molecule has 0 atom stereocenters. The summed E-state index contributed by atoms with van der Waals surface area (Å²) in [6, 6.07) is 20.5. The van der Waals surface area contributed by atoms with Gasteiger partial charge < -0.3 is 10.2 Å². The molecule has 180 valence electrons. The number of carbonyl (C=O) groups excluding carboxylic acids is 1. The summed E-state index contributed by atoms with van der Waals surface area (Å²) in [6.45, 7) is 4.17. The van der Waals surface area contributed by atoms with E-state index in [4.69, 9.17) is 10.2 Å². The van der Waals surface area contributed by atoms with Gasteiger partial charge in [0.05, 0.1) is 11.4 Å². The van der Waals surface area contributed by atoms with Crippen molar-refractivity contribution in [3.05, 3.63) is 132 Å². The first-order valence-electron chi connectivity index (χ1n) is 10.8. The van der Waals surface area contributed by atoms with Gasteiger partial charge in [-0.1, -0.05) is 96.1 Å². The SMILES string of the molecule is CO.Cc1ccccc1.Cc1ccccc1.O=CN=C1C=CC(=C2C=CC(=NC(=O)O)C=C2)C=C1. The van der Waals surface area contributed by atoms with Crippen molar-refractivity contribution >= 4 is 23.9 Å². The van der Waals surface area contributed by atoms with E-state index < -0.39 is 6.09 Å². The lowest BCUT2D eigenvalue weighted by Gasteiger charge is -2.08. The van der Waals surface area contributed by atoms with Gasteiger partial charge in [-0.2, -0.15) is 4.99 Å². The number of aliphatic imine (C=N–C) groups is 2. The largest absolute Gasteiger partial charge is 0.463 e. The maximum absolute atomic E-state index is 10.4. The van der Waals surface area contributed by atoms with Gasteiger partial charge in [0.2, 0.25) is 6.41 Å². The first-order valence-corrected chi connectivity index (χ1v) is 10.8. The number of aliphatic hydroxyl groups excluding tert-OH is 1. The number of allylic oxidation sites excluding steroid dienone is 10. The zero-order chi connectivity index (χ0) is 25.9. The summed E-state index contributed by atoms with van der Waals surface area (Å²) in [4.78, 5) is 27.7. The molecule has 6 heteroatoms. The van der Waals surface area contributed by atoms with Gasteiger partial charge in [0.1, 0.15) is 0 Å². The van der Waals surface area contributed by atoms with Crippen LogP contribution in [0.5, 0.6) is 0 Å². The average molecular weight is 471 g/mol. The molecule has 4 rings (SSSR count). The van der Waals surface area contributed by atoms with Crippen LogP contribution in [0.4, 0.5) is 4.79 Å². The Kier molecular flexibility index (Phi) is 14.0. The number of amides is 2. The van der Waals surface area contributed by atoms with Crippen LogP contribution >= 0.6 is 0 Å². The first-order chi connectivity index (χ1) is 17.0. The number of benzene rings is 2. The zero-order valence-corrected chi connectivity index (χ0v) is 20.1. The lowest BCUT2D eigenvalue weighted by Crippen LogP contribution is -2.00. The number of hydrogen-bond acceptors (Lipinski definition) is 3. The highest BCUT2D eigenvalue weighted by molar-refractivity contribution is 6.10. The van der Waals surface area contributed by atoms with Crippen LogP contribution in [0, 0.1) is 13.8 Å². The van der Waals surface area contributed by atoms with E-state index in [1.165, 1.54) is 11.1 Å². The molecule has 0 radical (unpaired) electrons. The third kappa shape index (κ3) is 12.4. The fourth-order valence-electron chi connectivity index (χ4n) is 2.71. The standard InChI is InChI=1S/C14H10N2O3.2C7H8.CH4O/c17-9-15-12-5-1-10(2-6-12)11-3-7-13(8-4-11)16-14(18)19;2*1-7-5-3-2-4-6-7;1-2/h1-9H,(H,18,19);2*2-6H,1H3;2H,1H3. The highest BCUT2D eigenvalue weighted by atomic mass is 16.4. The second-order valence-electron chi connectivity index (χ2n) is 7.03. The number of nitrogens with zero attached hydrogens (tertiary/aromatic N) is 2. The van der Waals surface area contributed by atoms with Crippen molar-refractivity contribution in [1.29, 1.82) is 0 Å². The molecule has 2 aliphatic rings. The van der Waals surface area contributed by atoms with Crippen molar-refractivity contribution < 1.29 is 19.8 Å². The summed E-state index contributed by atoms with van der Waals surface area (Å²) in [5.74, 6) is 0. The Labute approximate surface area is 206 Å². The molecule has 6 nitrogen and oxygen atoms in total. The van der Waals surface area contributed by atoms with E-state index in [9.17, 15) is 9.59 Å². The van der Waals surface area contributed by atoms with E-state index in [0.29, 0.717) is 17.8 Å². The number of carbonyl (C=O) groups is 2. The number of aliphatic hydroxyl groups is 1. The fourth-order valence-corrected chi connectivity index (χ4v) is 2.71. The smallest absolute Gasteiger partial charge is 0.431 e. The molecular formula is C29H30N2O4. The predicted octanol–water partition coefficient (Wildman–Crippen LogP) is 5.85. The highest BCUT2D eigenvalue weighted by Crippen LogP contribution is 2.17. The zero-order valence-electron chi connectivity index (χ0n) is 20.1. The van der Waals surface area contributed by atoms with Crippen LogP contribution < -0.4 is 0 Å². The van der Waals surface area contributed by atoms with Crippen molar-refractivity contribution in [2.45, 2.75) is 13.8 Å². The van der Waals surface area contributed by atoms with Crippen molar-refractivity contribution in [1.82, 2.24) is 0 Å². The van der Waals surface area contributed by atoms with Crippen LogP contribution in [0.25, 0.3) is 0 Å². The van der Waals surface area contributed by atoms with E-state index in [1.807, 2.05) is 48.6 Å². The Morgan fingerprint density at radius 1 is 0.657 bits per heavy atom. The first kappa shape index (κ1) is 28.6. The summed E-state index contributed by atoms with van der Waals surface area (Å²) in [7, 11) is 1.00. The van der Waals surface area contributed by atoms with Crippen molar-refractivity contribution in [2.75, 3.05) is 7.11 Å². The molecule has 0 fully saturated rings. The van der Waals surface area contributed by atoms with Crippen LogP contribution in [0.3, 0.4) is 0 Å². The molecule has 0 unspecified atom stereocenters. The van der Waals surface area contributed by atoms with Gasteiger partial charge in [-0.3, -0.25) is 4.79 Å². The molecule has 0 bridgehead atoms. The van der Waals surface area contributed by atoms with Crippen molar-refractivity contribution in [3.63, 3.8) is 0 Å². The molecule has 0 saturated carbocycles. The fraction of sp³-hybridized carbons (Fsp3) is 0.103. The van der Waals surface area contributed by atoms with Crippen molar-refractivity contribution in [3.8, 4) is 0 Å². The van der Waals surface area contributed by atoms with Crippen molar-refractivity contribution in [2.24, 2.45) is 9.98 Å². The molecular weight excluding hydrogens is 440 g/mol. The van der Waals surface area contributed by atoms with Gasteiger partial charge in [-0.15, -0.1) is 0 Å². The Morgan fingerprint density at radius 2 is 1.03 bits per heavy atom. The minimum atomic E-state index is -1.22. The second-order valence-corrected chi connectivity index (χ2v) is 7.03. The number of rotatable bonds is 1. The van der Waals surface area contributed by atoms with Crippen LogP contribution in [0.2, 0.25) is 0 Å². The molecule has 2 aromatic rings. The summed E-state index contributed by atoms with van der Waals surface area (Å²) in [6.07, 6.45) is 13.3. The number of hydrogen-bond donors (Lipinski definition) is 2. The minimum Gasteiger partial charge on any atom is -0.463 e. The maximum Gasteiger partial charge on any atom is 0.431 e. The van der Waals surface area contributed by atoms with E-state index in [2.05, 4.69) is 48.1 Å². The molecule has 0 aromatic heterocycles. The summed E-state index contributed by atoms with van der Waals surface area (Å²) < 4.78 is 0.